The quantitative estimate of drug-likeness (QED) is 0.798. The number of anilines is 1. The zero-order valence-electron chi connectivity index (χ0n) is 9.84. The number of rotatable bonds is 3. The molecule has 19 heavy (non-hydrogen) atoms. The number of thiophene rings is 1. The summed E-state index contributed by atoms with van der Waals surface area (Å²) in [4.78, 5) is 8.49. The van der Waals surface area contributed by atoms with Gasteiger partial charge in [0.2, 0.25) is 0 Å². The minimum Gasteiger partial charge on any atom is -0.458 e. The highest BCUT2D eigenvalue weighted by atomic mass is 32.1. The molecule has 2 N–H and O–H groups in total. The van der Waals surface area contributed by atoms with E-state index in [0.717, 1.165) is 11.1 Å². The number of hydrogen-bond acceptors (Lipinski definition) is 5. The number of nitrogens with two attached hydrogens (primary N) is 1. The van der Waals surface area contributed by atoms with Gasteiger partial charge in [-0.2, -0.15) is 4.98 Å². The van der Waals surface area contributed by atoms with Gasteiger partial charge in [0, 0.05) is 9.58 Å². The number of benzene rings is 1. The monoisotopic (exact) mass is 275 g/mol. The van der Waals surface area contributed by atoms with Crippen LogP contribution in [0.25, 0.3) is 10.1 Å². The van der Waals surface area contributed by atoms with E-state index in [-0.39, 0.29) is 11.8 Å². The predicted octanol–water partition coefficient (Wildman–Crippen LogP) is 2.99. The van der Waals surface area contributed by atoms with Crippen LogP contribution in [0.2, 0.25) is 0 Å². The molecule has 0 aliphatic carbocycles. The van der Waals surface area contributed by atoms with E-state index in [0.29, 0.717) is 6.61 Å². The predicted molar refractivity (Wildman–Crippen MR) is 72.6 cm³/mol. The molecule has 3 aromatic rings. The molecule has 1 aromatic carbocycles. The number of halogens is 1. The lowest BCUT2D eigenvalue weighted by Crippen LogP contribution is -2.02. The van der Waals surface area contributed by atoms with Gasteiger partial charge in [-0.3, -0.25) is 0 Å². The fourth-order valence-corrected chi connectivity index (χ4v) is 2.65. The number of nitrogen functional groups attached to an aromatic ring is 1. The molecule has 0 spiro atoms. The summed E-state index contributed by atoms with van der Waals surface area (Å²) in [5.41, 5.74) is 5.35. The Bertz CT molecular complexity index is 696. The first-order valence-corrected chi connectivity index (χ1v) is 6.42. The normalized spacial score (nSPS) is 10.8. The summed E-state index contributed by atoms with van der Waals surface area (Å²) in [6, 6.07) is 10.2. The Morgan fingerprint density at radius 2 is 2.16 bits per heavy atom. The van der Waals surface area contributed by atoms with E-state index in [2.05, 4.69) is 16.0 Å². The first kappa shape index (κ1) is 11.9. The van der Waals surface area contributed by atoms with E-state index in [1.165, 1.54) is 10.1 Å². The first-order chi connectivity index (χ1) is 9.22. The van der Waals surface area contributed by atoms with E-state index in [1.54, 1.807) is 11.3 Å². The molecule has 4 nitrogen and oxygen atoms in total. The van der Waals surface area contributed by atoms with Crippen molar-refractivity contribution in [2.45, 2.75) is 6.61 Å². The summed E-state index contributed by atoms with van der Waals surface area (Å²) < 4.78 is 19.5. The number of ether oxygens (including phenoxy) is 1. The highest BCUT2D eigenvalue weighted by Crippen LogP contribution is 2.25. The molecule has 3 rings (SSSR count). The van der Waals surface area contributed by atoms with Gasteiger partial charge in [-0.15, -0.1) is 11.3 Å². The van der Waals surface area contributed by atoms with Crippen LogP contribution in [-0.2, 0) is 6.61 Å². The van der Waals surface area contributed by atoms with Crippen molar-refractivity contribution in [3.8, 4) is 6.01 Å². The SMILES string of the molecule is Nc1nc(OCc2cc3ccccc3s2)ncc1F. The number of hydrogen-bond donors (Lipinski definition) is 1. The number of aromatic nitrogens is 2. The van der Waals surface area contributed by atoms with Crippen LogP contribution in [0.4, 0.5) is 10.2 Å². The van der Waals surface area contributed by atoms with Crippen molar-refractivity contribution in [3.63, 3.8) is 0 Å². The second kappa shape index (κ2) is 4.81. The summed E-state index contributed by atoms with van der Waals surface area (Å²) in [6.45, 7) is 0.338. The van der Waals surface area contributed by atoms with E-state index in [1.807, 2.05) is 24.3 Å². The molecule has 0 amide bonds. The molecule has 96 valence electrons. The average molecular weight is 275 g/mol. The molecule has 0 radical (unpaired) electrons. The zero-order chi connectivity index (χ0) is 13.2. The fourth-order valence-electron chi connectivity index (χ4n) is 1.68. The van der Waals surface area contributed by atoms with Crippen LogP contribution in [0.15, 0.2) is 36.5 Å². The molecule has 0 unspecified atom stereocenters. The fraction of sp³-hybridized carbons (Fsp3) is 0.0769. The van der Waals surface area contributed by atoms with Gasteiger partial charge >= 0.3 is 6.01 Å². The van der Waals surface area contributed by atoms with Crippen LogP contribution in [0, 0.1) is 5.82 Å². The van der Waals surface area contributed by atoms with Crippen LogP contribution in [-0.4, -0.2) is 9.97 Å². The minimum atomic E-state index is -0.644. The Morgan fingerprint density at radius 3 is 2.95 bits per heavy atom. The lowest BCUT2D eigenvalue weighted by atomic mass is 10.2. The van der Waals surface area contributed by atoms with Crippen LogP contribution < -0.4 is 10.5 Å². The third-order valence-corrected chi connectivity index (χ3v) is 3.66. The first-order valence-electron chi connectivity index (χ1n) is 5.60. The van der Waals surface area contributed by atoms with Crippen molar-refractivity contribution in [3.05, 3.63) is 47.2 Å². The maximum absolute atomic E-state index is 12.9. The van der Waals surface area contributed by atoms with Gasteiger partial charge in [0.25, 0.3) is 0 Å². The second-order valence-corrected chi connectivity index (χ2v) is 5.09. The highest BCUT2D eigenvalue weighted by molar-refractivity contribution is 7.19. The van der Waals surface area contributed by atoms with Crippen molar-refractivity contribution < 1.29 is 9.13 Å². The Morgan fingerprint density at radius 1 is 1.32 bits per heavy atom. The van der Waals surface area contributed by atoms with Gasteiger partial charge in [-0.1, -0.05) is 18.2 Å². The molecular weight excluding hydrogens is 265 g/mol. The lowest BCUT2D eigenvalue weighted by Gasteiger charge is -2.02. The van der Waals surface area contributed by atoms with Gasteiger partial charge in [-0.25, -0.2) is 9.37 Å². The van der Waals surface area contributed by atoms with Crippen molar-refractivity contribution >= 4 is 27.2 Å². The molecule has 0 aliphatic rings. The van der Waals surface area contributed by atoms with Gasteiger partial charge in [-0.05, 0) is 17.5 Å². The summed E-state index contributed by atoms with van der Waals surface area (Å²) in [5, 5.41) is 1.17. The Balaban J connectivity index is 1.76. The van der Waals surface area contributed by atoms with Gasteiger partial charge in [0.1, 0.15) is 6.61 Å². The van der Waals surface area contributed by atoms with Crippen molar-refractivity contribution in [2.75, 3.05) is 5.73 Å². The van der Waals surface area contributed by atoms with Gasteiger partial charge in [0.05, 0.1) is 6.20 Å². The molecule has 0 saturated heterocycles. The Labute approximate surface area is 112 Å². The molecule has 0 fully saturated rings. The van der Waals surface area contributed by atoms with Gasteiger partial charge in [0.15, 0.2) is 11.6 Å². The highest BCUT2D eigenvalue weighted by Gasteiger charge is 2.06. The Kier molecular flexibility index (Phi) is 3.00. The lowest BCUT2D eigenvalue weighted by molar-refractivity contribution is 0.283. The molecule has 2 heterocycles. The largest absolute Gasteiger partial charge is 0.458 e. The van der Waals surface area contributed by atoms with E-state index in [9.17, 15) is 4.39 Å². The number of fused-ring (bicyclic) bond motifs is 1. The van der Waals surface area contributed by atoms with E-state index >= 15 is 0 Å². The van der Waals surface area contributed by atoms with Crippen LogP contribution in [0.5, 0.6) is 6.01 Å². The van der Waals surface area contributed by atoms with Crippen LogP contribution in [0.3, 0.4) is 0 Å². The third kappa shape index (κ3) is 2.48. The summed E-state index contributed by atoms with van der Waals surface area (Å²) >= 11 is 1.64. The maximum atomic E-state index is 12.9. The third-order valence-electron chi connectivity index (χ3n) is 2.57. The maximum Gasteiger partial charge on any atom is 0.318 e. The summed E-state index contributed by atoms with van der Waals surface area (Å²) in [7, 11) is 0. The molecular formula is C13H10FN3OS. The second-order valence-electron chi connectivity index (χ2n) is 3.92. The standard InChI is InChI=1S/C13H10FN3OS/c14-10-6-16-13(17-12(10)15)18-7-9-5-8-3-1-2-4-11(8)19-9/h1-6H,7H2,(H2,15,16,17). The van der Waals surface area contributed by atoms with E-state index in [4.69, 9.17) is 10.5 Å². The van der Waals surface area contributed by atoms with Crippen molar-refractivity contribution in [1.29, 1.82) is 0 Å². The van der Waals surface area contributed by atoms with Crippen LogP contribution in [0.1, 0.15) is 4.88 Å². The molecule has 0 atom stereocenters. The molecule has 0 saturated carbocycles. The molecule has 0 bridgehead atoms. The average Bonchev–Trinajstić information content (AvgIpc) is 2.83. The van der Waals surface area contributed by atoms with Gasteiger partial charge < -0.3 is 10.5 Å². The smallest absolute Gasteiger partial charge is 0.318 e. The van der Waals surface area contributed by atoms with Crippen molar-refractivity contribution in [2.24, 2.45) is 0 Å². The summed E-state index contributed by atoms with van der Waals surface area (Å²) in [5.74, 6) is -0.851. The minimum absolute atomic E-state index is 0.0800. The topological polar surface area (TPSA) is 61.0 Å². The van der Waals surface area contributed by atoms with Crippen molar-refractivity contribution in [1.82, 2.24) is 9.97 Å². The van der Waals surface area contributed by atoms with Crippen LogP contribution >= 0.6 is 11.3 Å². The zero-order valence-corrected chi connectivity index (χ0v) is 10.7. The molecule has 2 aromatic heterocycles. The molecule has 0 aliphatic heterocycles. The van der Waals surface area contributed by atoms with E-state index < -0.39 is 5.82 Å². The molecule has 6 heteroatoms. The summed E-state index contributed by atoms with van der Waals surface area (Å²) in [6.07, 6.45) is 1.00. The number of nitrogens with zero attached hydrogens (tertiary/aromatic N) is 2. The Hall–Kier alpha value is -2.21.